The summed E-state index contributed by atoms with van der Waals surface area (Å²) >= 11 is 1.51. The Balaban J connectivity index is 0.000000371. The Kier molecular flexibility index (Phi) is 10.4. The van der Waals surface area contributed by atoms with Crippen molar-refractivity contribution < 1.29 is 14.3 Å². The molecule has 0 spiro atoms. The minimum atomic E-state index is -0.725. The van der Waals surface area contributed by atoms with Gasteiger partial charge in [0.1, 0.15) is 5.60 Å². The van der Waals surface area contributed by atoms with Gasteiger partial charge >= 0.3 is 6.09 Å². The Morgan fingerprint density at radius 1 is 1.14 bits per heavy atom. The lowest BCUT2D eigenvalue weighted by molar-refractivity contribution is 0.0599. The van der Waals surface area contributed by atoms with Crippen molar-refractivity contribution in [3.63, 3.8) is 0 Å². The van der Waals surface area contributed by atoms with Crippen LogP contribution >= 0.6 is 11.3 Å². The van der Waals surface area contributed by atoms with E-state index in [1.165, 1.54) is 11.3 Å². The zero-order valence-corrected chi connectivity index (χ0v) is 22.2. The molecule has 0 saturated carbocycles. The molecule has 1 atom stereocenters. The van der Waals surface area contributed by atoms with E-state index < -0.39 is 11.7 Å². The third kappa shape index (κ3) is 8.47. The largest absolute Gasteiger partial charge is 0.444 e. The van der Waals surface area contributed by atoms with Crippen molar-refractivity contribution in [3.05, 3.63) is 47.2 Å². The van der Waals surface area contributed by atoms with Crippen LogP contribution in [0.3, 0.4) is 0 Å². The van der Waals surface area contributed by atoms with Crippen molar-refractivity contribution in [2.75, 3.05) is 18.4 Å². The minimum absolute atomic E-state index is 0.000823. The maximum absolute atomic E-state index is 12.9. The summed E-state index contributed by atoms with van der Waals surface area (Å²) in [5, 5.41) is 5.23. The summed E-state index contributed by atoms with van der Waals surface area (Å²) in [5.74, 6) is 0.465. The number of hydrogen-bond donors (Lipinski definition) is 2. The van der Waals surface area contributed by atoms with Crippen LogP contribution in [0.4, 0.5) is 10.7 Å². The quantitative estimate of drug-likeness (QED) is 0.491. The second-order valence-electron chi connectivity index (χ2n) is 8.68. The van der Waals surface area contributed by atoms with Crippen molar-refractivity contribution in [1.82, 2.24) is 19.9 Å². The first kappa shape index (κ1) is 28.0. The number of fused-ring (bicyclic) bond motifs is 1. The molecular formula is C25H36N6O3S. The first-order chi connectivity index (χ1) is 16.6. The number of amides is 2. The predicted molar refractivity (Wildman–Crippen MR) is 141 cm³/mol. The van der Waals surface area contributed by atoms with Crippen LogP contribution in [0.2, 0.25) is 0 Å². The number of hydrogen-bond acceptors (Lipinski definition) is 8. The molecule has 0 radical (unpaired) electrons. The van der Waals surface area contributed by atoms with Gasteiger partial charge in [0, 0.05) is 19.3 Å². The molecule has 1 aliphatic rings. The lowest BCUT2D eigenvalue weighted by Crippen LogP contribution is -2.29. The molecule has 35 heavy (non-hydrogen) atoms. The van der Waals surface area contributed by atoms with E-state index in [2.05, 4.69) is 25.0 Å². The molecular weight excluding hydrogens is 464 g/mol. The molecule has 4 rings (SSSR count). The predicted octanol–water partition coefficient (Wildman–Crippen LogP) is 5.40. The van der Waals surface area contributed by atoms with Gasteiger partial charge in [-0.3, -0.25) is 9.78 Å². The summed E-state index contributed by atoms with van der Waals surface area (Å²) < 4.78 is 5.43. The molecule has 4 heterocycles. The Morgan fingerprint density at radius 3 is 2.37 bits per heavy atom. The van der Waals surface area contributed by atoms with Crippen LogP contribution in [0, 0.1) is 0 Å². The zero-order valence-electron chi connectivity index (χ0n) is 21.4. The maximum atomic E-state index is 12.9. The van der Waals surface area contributed by atoms with E-state index in [1.54, 1.807) is 27.0 Å². The van der Waals surface area contributed by atoms with E-state index in [9.17, 15) is 9.59 Å². The molecule has 3 aromatic heterocycles. The number of likely N-dealkylation sites (tertiary alicyclic amines) is 1. The summed E-state index contributed by atoms with van der Waals surface area (Å²) in [4.78, 5) is 38.2. The van der Waals surface area contributed by atoms with Gasteiger partial charge in [-0.1, -0.05) is 19.9 Å². The smallest absolute Gasteiger partial charge is 0.405 e. The third-order valence-electron chi connectivity index (χ3n) is 4.78. The average molecular weight is 501 g/mol. The lowest BCUT2D eigenvalue weighted by atomic mass is 10.2. The van der Waals surface area contributed by atoms with Gasteiger partial charge in [0.25, 0.3) is 5.91 Å². The minimum Gasteiger partial charge on any atom is -0.444 e. The number of pyridine rings is 1. The summed E-state index contributed by atoms with van der Waals surface area (Å²) in [5.41, 5.74) is 6.47. The van der Waals surface area contributed by atoms with E-state index in [-0.39, 0.29) is 11.9 Å². The highest BCUT2D eigenvalue weighted by Gasteiger charge is 2.24. The van der Waals surface area contributed by atoms with E-state index in [0.717, 1.165) is 41.8 Å². The van der Waals surface area contributed by atoms with Gasteiger partial charge in [0.2, 0.25) is 5.95 Å². The van der Waals surface area contributed by atoms with Gasteiger partial charge in [-0.2, -0.15) is 0 Å². The van der Waals surface area contributed by atoms with Crippen LogP contribution in [0.15, 0.2) is 35.8 Å². The topological polar surface area (TPSA) is 123 Å². The van der Waals surface area contributed by atoms with Crippen molar-refractivity contribution in [2.45, 2.75) is 66.0 Å². The standard InChI is InChI=1S/C18H19N5OS.C5H11NO2.C2H6/c1-12(13-6-2-3-8-19-13)20-18-21-14-7-11-25-16(14)15(22-18)17(24)23-9-4-5-10-23;1-5(2,3)8-4(6)7;1-2/h2-3,6-8,11-12H,4-5,9-10H2,1H3,(H,20,21,22);1-3H3,(H2,6,7);1-2H3. The number of carbonyl (C=O) groups is 2. The van der Waals surface area contributed by atoms with Gasteiger partial charge in [0.15, 0.2) is 5.69 Å². The Labute approximate surface area is 211 Å². The van der Waals surface area contributed by atoms with Crippen LogP contribution < -0.4 is 11.1 Å². The van der Waals surface area contributed by atoms with Gasteiger partial charge in [0.05, 0.1) is 22.0 Å². The van der Waals surface area contributed by atoms with Crippen LogP contribution in [0.1, 0.15) is 76.6 Å². The lowest BCUT2D eigenvalue weighted by Gasteiger charge is -2.17. The molecule has 0 bridgehead atoms. The average Bonchev–Trinajstić information content (AvgIpc) is 3.51. The van der Waals surface area contributed by atoms with E-state index in [1.807, 2.05) is 55.3 Å². The SMILES string of the molecule is CC.CC(C)(C)OC(N)=O.CC(Nc1nc(C(=O)N2CCCC2)c2sccc2n1)c1ccccn1. The molecule has 2 amide bonds. The van der Waals surface area contributed by atoms with E-state index >= 15 is 0 Å². The Bertz CT molecular complexity index is 1090. The summed E-state index contributed by atoms with van der Waals surface area (Å²) in [6, 6.07) is 7.67. The van der Waals surface area contributed by atoms with Gasteiger partial charge in [-0.15, -0.1) is 11.3 Å². The normalized spacial score (nSPS) is 13.7. The number of rotatable bonds is 4. The molecule has 9 nitrogen and oxygen atoms in total. The number of anilines is 1. The van der Waals surface area contributed by atoms with Crippen LogP contribution in [-0.2, 0) is 4.74 Å². The molecule has 1 unspecified atom stereocenters. The fourth-order valence-electron chi connectivity index (χ4n) is 3.34. The molecule has 1 saturated heterocycles. The number of primary amides is 1. The fraction of sp³-hybridized carbons (Fsp3) is 0.480. The monoisotopic (exact) mass is 500 g/mol. The van der Waals surface area contributed by atoms with Crippen molar-refractivity contribution in [2.24, 2.45) is 5.73 Å². The highest BCUT2D eigenvalue weighted by atomic mass is 32.1. The number of thiophene rings is 1. The summed E-state index contributed by atoms with van der Waals surface area (Å²) in [6.07, 6.45) is 3.16. The summed E-state index contributed by atoms with van der Waals surface area (Å²) in [6.45, 7) is 12.9. The zero-order chi connectivity index (χ0) is 26.0. The van der Waals surface area contributed by atoms with Crippen molar-refractivity contribution in [3.8, 4) is 0 Å². The second-order valence-corrected chi connectivity index (χ2v) is 9.60. The Hall–Kier alpha value is -3.27. The van der Waals surface area contributed by atoms with E-state index in [0.29, 0.717) is 11.6 Å². The number of nitrogens with one attached hydrogen (secondary N) is 1. The molecule has 190 valence electrons. The third-order valence-corrected chi connectivity index (χ3v) is 5.69. The molecule has 3 N–H and O–H groups in total. The van der Waals surface area contributed by atoms with E-state index in [4.69, 9.17) is 5.73 Å². The van der Waals surface area contributed by atoms with Crippen LogP contribution in [0.25, 0.3) is 10.2 Å². The number of ether oxygens (including phenoxy) is 1. The number of aromatic nitrogens is 3. The van der Waals surface area contributed by atoms with Crippen molar-refractivity contribution >= 4 is 39.5 Å². The fourth-order valence-corrected chi connectivity index (χ4v) is 4.16. The first-order valence-electron chi connectivity index (χ1n) is 11.8. The van der Waals surface area contributed by atoms with Gasteiger partial charge < -0.3 is 20.7 Å². The molecule has 1 aliphatic heterocycles. The maximum Gasteiger partial charge on any atom is 0.405 e. The molecule has 10 heteroatoms. The van der Waals surface area contributed by atoms with Crippen LogP contribution in [-0.4, -0.2) is 50.5 Å². The van der Waals surface area contributed by atoms with Gasteiger partial charge in [-0.05, 0) is 64.1 Å². The first-order valence-corrected chi connectivity index (χ1v) is 12.7. The highest BCUT2D eigenvalue weighted by molar-refractivity contribution is 7.17. The second kappa shape index (κ2) is 13.0. The van der Waals surface area contributed by atoms with Crippen molar-refractivity contribution in [1.29, 1.82) is 0 Å². The van der Waals surface area contributed by atoms with Gasteiger partial charge in [-0.25, -0.2) is 14.8 Å². The highest BCUT2D eigenvalue weighted by Crippen LogP contribution is 2.27. The molecule has 0 aromatic carbocycles. The summed E-state index contributed by atoms with van der Waals surface area (Å²) in [7, 11) is 0. The number of nitrogens with two attached hydrogens (primary N) is 1. The number of nitrogens with zero attached hydrogens (tertiary/aromatic N) is 4. The van der Waals surface area contributed by atoms with Crippen LogP contribution in [0.5, 0.6) is 0 Å². The molecule has 0 aliphatic carbocycles. The molecule has 1 fully saturated rings. The Morgan fingerprint density at radius 2 is 1.83 bits per heavy atom. The number of carbonyl (C=O) groups excluding carboxylic acids is 2. The molecule has 3 aromatic rings.